The Morgan fingerprint density at radius 2 is 1.78 bits per heavy atom. The molecule has 1 aromatic heterocycles. The number of nitrogens with zero attached hydrogens (tertiary/aromatic N) is 2. The molecule has 1 atom stereocenters. The van der Waals surface area contributed by atoms with Crippen LogP contribution in [0.2, 0.25) is 0 Å². The van der Waals surface area contributed by atoms with Crippen LogP contribution >= 0.6 is 0 Å². The molecule has 166 valence electrons. The van der Waals surface area contributed by atoms with Crippen molar-refractivity contribution in [2.45, 2.75) is 18.9 Å². The molecule has 4 rings (SSSR count). The number of rotatable bonds is 6. The van der Waals surface area contributed by atoms with Crippen LogP contribution in [-0.2, 0) is 11.2 Å². The number of ether oxygens (including phenoxy) is 3. The molecule has 1 N–H and O–H groups in total. The minimum Gasteiger partial charge on any atom is -0.493 e. The summed E-state index contributed by atoms with van der Waals surface area (Å²) in [6.07, 6.45) is 2.13. The van der Waals surface area contributed by atoms with Crippen molar-refractivity contribution in [2.75, 3.05) is 38.5 Å². The van der Waals surface area contributed by atoms with E-state index >= 15 is 0 Å². The van der Waals surface area contributed by atoms with Gasteiger partial charge in [0.05, 0.1) is 14.2 Å². The first-order chi connectivity index (χ1) is 15.3. The van der Waals surface area contributed by atoms with Crippen molar-refractivity contribution in [3.8, 4) is 28.5 Å². The molecule has 7 nitrogen and oxygen atoms in total. The van der Waals surface area contributed by atoms with Crippen molar-refractivity contribution in [3.63, 3.8) is 0 Å². The van der Waals surface area contributed by atoms with Crippen LogP contribution in [0.1, 0.15) is 12.5 Å². The van der Waals surface area contributed by atoms with E-state index in [0.29, 0.717) is 29.5 Å². The van der Waals surface area contributed by atoms with Gasteiger partial charge in [-0.05, 0) is 48.4 Å². The van der Waals surface area contributed by atoms with Crippen molar-refractivity contribution in [1.29, 1.82) is 0 Å². The van der Waals surface area contributed by atoms with Gasteiger partial charge in [0.2, 0.25) is 5.88 Å². The second-order valence-electron chi connectivity index (χ2n) is 8.12. The smallest absolute Gasteiger partial charge is 0.268 e. The van der Waals surface area contributed by atoms with Crippen molar-refractivity contribution < 1.29 is 19.0 Å². The summed E-state index contributed by atoms with van der Waals surface area (Å²) < 4.78 is 16.7. The van der Waals surface area contributed by atoms with Gasteiger partial charge in [0.25, 0.3) is 5.91 Å². The van der Waals surface area contributed by atoms with Gasteiger partial charge < -0.3 is 24.4 Å². The first kappa shape index (κ1) is 21.5. The number of carbonyl (C=O) groups is 1. The molecule has 0 spiro atoms. The van der Waals surface area contributed by atoms with Crippen LogP contribution in [0.3, 0.4) is 0 Å². The molecular weight excluding hydrogens is 406 g/mol. The maximum atomic E-state index is 13.2. The van der Waals surface area contributed by atoms with Gasteiger partial charge >= 0.3 is 0 Å². The average molecular weight is 434 g/mol. The summed E-state index contributed by atoms with van der Waals surface area (Å²) in [7, 11) is 7.14. The summed E-state index contributed by atoms with van der Waals surface area (Å²) in [5, 5.41) is 2.93. The second-order valence-corrected chi connectivity index (χ2v) is 8.12. The van der Waals surface area contributed by atoms with E-state index in [1.807, 2.05) is 20.2 Å². The first-order valence-corrected chi connectivity index (χ1v) is 10.3. The van der Waals surface area contributed by atoms with Gasteiger partial charge in [-0.15, -0.1) is 0 Å². The standard InChI is InChI=1S/C25H27N3O4/c1-25(24(29)27-17-8-11-21(30-4)22(14-17)31-5)15-20-19(12-13-26-23(20)32-25)16-6-9-18(10-7-16)28(2)3/h6-14H,15H2,1-5H3,(H,27,29). The highest BCUT2D eigenvalue weighted by molar-refractivity contribution is 5.98. The lowest BCUT2D eigenvalue weighted by Gasteiger charge is -2.22. The highest BCUT2D eigenvalue weighted by Gasteiger charge is 2.44. The highest BCUT2D eigenvalue weighted by atomic mass is 16.5. The minimum atomic E-state index is -1.08. The number of carbonyl (C=O) groups excluding carboxylic acids is 1. The number of hydrogen-bond acceptors (Lipinski definition) is 6. The molecule has 0 saturated heterocycles. The van der Waals surface area contributed by atoms with Crippen LogP contribution < -0.4 is 24.4 Å². The molecule has 1 aliphatic heterocycles. The van der Waals surface area contributed by atoms with Crippen molar-refractivity contribution in [3.05, 3.63) is 60.3 Å². The van der Waals surface area contributed by atoms with Crippen molar-refractivity contribution >= 4 is 17.3 Å². The fraction of sp³-hybridized carbons (Fsp3) is 0.280. The molecule has 2 aromatic carbocycles. The van der Waals surface area contributed by atoms with Gasteiger partial charge in [0, 0.05) is 49.7 Å². The number of anilines is 2. The molecule has 7 heteroatoms. The van der Waals surface area contributed by atoms with Crippen molar-refractivity contribution in [1.82, 2.24) is 4.98 Å². The van der Waals surface area contributed by atoms with E-state index in [1.54, 1.807) is 45.5 Å². The maximum absolute atomic E-state index is 13.2. The third-order valence-corrected chi connectivity index (χ3v) is 5.67. The molecule has 0 radical (unpaired) electrons. The van der Waals surface area contributed by atoms with E-state index < -0.39 is 5.60 Å². The van der Waals surface area contributed by atoms with Crippen LogP contribution in [0.4, 0.5) is 11.4 Å². The number of methoxy groups -OCH3 is 2. The molecule has 2 heterocycles. The number of pyridine rings is 1. The molecule has 0 fully saturated rings. The molecule has 1 amide bonds. The third kappa shape index (κ3) is 3.93. The van der Waals surface area contributed by atoms with Crippen LogP contribution in [-0.4, -0.2) is 44.8 Å². The monoisotopic (exact) mass is 433 g/mol. The van der Waals surface area contributed by atoms with E-state index in [2.05, 4.69) is 39.5 Å². The van der Waals surface area contributed by atoms with Crippen molar-refractivity contribution in [2.24, 2.45) is 0 Å². The van der Waals surface area contributed by atoms with Gasteiger partial charge in [0.1, 0.15) is 0 Å². The number of amides is 1. The summed E-state index contributed by atoms with van der Waals surface area (Å²) in [4.78, 5) is 19.6. The van der Waals surface area contributed by atoms with Gasteiger partial charge in [-0.25, -0.2) is 4.98 Å². The predicted molar refractivity (Wildman–Crippen MR) is 125 cm³/mol. The average Bonchev–Trinajstić information content (AvgIpc) is 3.16. The van der Waals surface area contributed by atoms with E-state index in [1.165, 1.54) is 0 Å². The second kappa shape index (κ2) is 8.42. The fourth-order valence-corrected chi connectivity index (χ4v) is 3.83. The summed E-state index contributed by atoms with van der Waals surface area (Å²) in [5.74, 6) is 1.37. The SMILES string of the molecule is COc1ccc(NC(=O)C2(C)Cc3c(-c4ccc(N(C)C)cc4)ccnc3O2)cc1OC. The Bertz CT molecular complexity index is 1140. The maximum Gasteiger partial charge on any atom is 0.268 e. The number of benzene rings is 2. The fourth-order valence-electron chi connectivity index (χ4n) is 3.83. The van der Waals surface area contributed by atoms with E-state index in [0.717, 1.165) is 22.4 Å². The zero-order valence-electron chi connectivity index (χ0n) is 18.9. The summed E-state index contributed by atoms with van der Waals surface area (Å²) in [5.41, 5.74) is 3.64. The normalized spacial score (nSPS) is 16.7. The summed E-state index contributed by atoms with van der Waals surface area (Å²) in [6, 6.07) is 15.5. The largest absolute Gasteiger partial charge is 0.493 e. The lowest BCUT2D eigenvalue weighted by atomic mass is 9.93. The van der Waals surface area contributed by atoms with Crippen LogP contribution in [0.5, 0.6) is 17.4 Å². The number of hydrogen-bond donors (Lipinski definition) is 1. The molecule has 32 heavy (non-hydrogen) atoms. The topological polar surface area (TPSA) is 72.9 Å². The highest BCUT2D eigenvalue weighted by Crippen LogP contribution is 2.40. The quantitative estimate of drug-likeness (QED) is 0.629. The number of aromatic nitrogens is 1. The Balaban J connectivity index is 1.58. The first-order valence-electron chi connectivity index (χ1n) is 10.3. The zero-order valence-corrected chi connectivity index (χ0v) is 18.9. The lowest BCUT2D eigenvalue weighted by Crippen LogP contribution is -2.44. The van der Waals surface area contributed by atoms with Crippen LogP contribution in [0.25, 0.3) is 11.1 Å². The summed E-state index contributed by atoms with van der Waals surface area (Å²) in [6.45, 7) is 1.78. The molecular formula is C25H27N3O4. The van der Waals surface area contributed by atoms with E-state index in [4.69, 9.17) is 14.2 Å². The molecule has 0 saturated carbocycles. The number of fused-ring (bicyclic) bond motifs is 1. The molecule has 3 aromatic rings. The van der Waals surface area contributed by atoms with Gasteiger partial charge in [-0.1, -0.05) is 12.1 Å². The lowest BCUT2D eigenvalue weighted by molar-refractivity contribution is -0.128. The van der Waals surface area contributed by atoms with E-state index in [9.17, 15) is 4.79 Å². The Morgan fingerprint density at radius 3 is 2.44 bits per heavy atom. The zero-order chi connectivity index (χ0) is 22.9. The third-order valence-electron chi connectivity index (χ3n) is 5.67. The molecule has 0 bridgehead atoms. The van der Waals surface area contributed by atoms with Gasteiger partial charge in [-0.2, -0.15) is 0 Å². The Morgan fingerprint density at radius 1 is 1.06 bits per heavy atom. The van der Waals surface area contributed by atoms with Crippen LogP contribution in [0.15, 0.2) is 54.7 Å². The summed E-state index contributed by atoms with van der Waals surface area (Å²) >= 11 is 0. The molecule has 1 aliphatic rings. The minimum absolute atomic E-state index is 0.253. The Labute approximate surface area is 187 Å². The Hall–Kier alpha value is -3.74. The van der Waals surface area contributed by atoms with E-state index in [-0.39, 0.29) is 5.91 Å². The molecule has 1 unspecified atom stereocenters. The Kier molecular flexibility index (Phi) is 5.65. The van der Waals surface area contributed by atoms with Crippen LogP contribution in [0, 0.1) is 0 Å². The van der Waals surface area contributed by atoms with Gasteiger partial charge in [0.15, 0.2) is 17.1 Å². The number of nitrogens with one attached hydrogen (secondary N) is 1. The van der Waals surface area contributed by atoms with Gasteiger partial charge in [-0.3, -0.25) is 4.79 Å². The predicted octanol–water partition coefficient (Wildman–Crippen LogP) is 4.16. The molecule has 0 aliphatic carbocycles.